The van der Waals surface area contributed by atoms with E-state index in [4.69, 9.17) is 0 Å². The molecule has 1 aliphatic carbocycles. The molecule has 0 aromatic heterocycles. The topological polar surface area (TPSA) is 34.1 Å². The first-order valence-electron chi connectivity index (χ1n) is 7.49. The molecule has 0 heterocycles. The standard InChI is InChI=1S/C21H16O2/c22-15-17-6-4-10-20(14-17)19-9-3-5-16(13-19)11-12-21(23)18-7-1-2-8-18/h1-15,18H/b12-11+. The van der Waals surface area contributed by atoms with Crippen molar-refractivity contribution in [2.75, 3.05) is 0 Å². The molecule has 1 aliphatic rings. The summed E-state index contributed by atoms with van der Waals surface area (Å²) in [7, 11) is 0. The van der Waals surface area contributed by atoms with Gasteiger partial charge in [-0.2, -0.15) is 0 Å². The van der Waals surface area contributed by atoms with Crippen LogP contribution in [0.15, 0.2) is 78.9 Å². The van der Waals surface area contributed by atoms with E-state index in [2.05, 4.69) is 0 Å². The van der Waals surface area contributed by atoms with Crippen LogP contribution in [-0.2, 0) is 4.79 Å². The molecule has 2 aromatic carbocycles. The van der Waals surface area contributed by atoms with Gasteiger partial charge in [0.1, 0.15) is 6.29 Å². The van der Waals surface area contributed by atoms with Gasteiger partial charge in [0.25, 0.3) is 0 Å². The van der Waals surface area contributed by atoms with Crippen molar-refractivity contribution in [2.45, 2.75) is 0 Å². The van der Waals surface area contributed by atoms with Crippen molar-refractivity contribution in [2.24, 2.45) is 5.92 Å². The van der Waals surface area contributed by atoms with Crippen molar-refractivity contribution in [3.8, 4) is 11.1 Å². The number of carbonyl (C=O) groups excluding carboxylic acids is 2. The Bertz CT molecular complexity index is 813. The van der Waals surface area contributed by atoms with Gasteiger partial charge in [0.15, 0.2) is 5.78 Å². The number of carbonyl (C=O) groups is 2. The first-order valence-corrected chi connectivity index (χ1v) is 7.49. The molecule has 0 amide bonds. The van der Waals surface area contributed by atoms with Gasteiger partial charge in [-0.25, -0.2) is 0 Å². The molecule has 3 rings (SSSR count). The van der Waals surface area contributed by atoms with Crippen LogP contribution in [0.4, 0.5) is 0 Å². The van der Waals surface area contributed by atoms with Crippen LogP contribution in [0.3, 0.4) is 0 Å². The maximum Gasteiger partial charge on any atom is 0.166 e. The van der Waals surface area contributed by atoms with Crippen LogP contribution >= 0.6 is 0 Å². The molecule has 2 aromatic rings. The van der Waals surface area contributed by atoms with Gasteiger partial charge in [-0.05, 0) is 34.9 Å². The van der Waals surface area contributed by atoms with E-state index >= 15 is 0 Å². The van der Waals surface area contributed by atoms with Crippen molar-refractivity contribution in [3.05, 3.63) is 90.0 Å². The molecule has 2 nitrogen and oxygen atoms in total. The van der Waals surface area contributed by atoms with Gasteiger partial charge in [-0.3, -0.25) is 9.59 Å². The summed E-state index contributed by atoms with van der Waals surface area (Å²) in [6, 6.07) is 15.4. The Morgan fingerprint density at radius 3 is 2.13 bits per heavy atom. The van der Waals surface area contributed by atoms with E-state index in [0.29, 0.717) is 5.56 Å². The van der Waals surface area contributed by atoms with Crippen LogP contribution in [0.1, 0.15) is 15.9 Å². The molecule has 0 aliphatic heterocycles. The monoisotopic (exact) mass is 300 g/mol. The normalized spacial score (nSPS) is 13.7. The molecule has 0 saturated carbocycles. The van der Waals surface area contributed by atoms with E-state index in [-0.39, 0.29) is 11.7 Å². The van der Waals surface area contributed by atoms with Crippen molar-refractivity contribution in [1.29, 1.82) is 0 Å². The molecule has 0 fully saturated rings. The van der Waals surface area contributed by atoms with Gasteiger partial charge < -0.3 is 0 Å². The van der Waals surface area contributed by atoms with Crippen LogP contribution in [0.5, 0.6) is 0 Å². The zero-order valence-corrected chi connectivity index (χ0v) is 12.6. The molecule has 2 heteroatoms. The molecule has 23 heavy (non-hydrogen) atoms. The smallest absolute Gasteiger partial charge is 0.166 e. The summed E-state index contributed by atoms with van der Waals surface area (Å²) >= 11 is 0. The highest BCUT2D eigenvalue weighted by Gasteiger charge is 2.10. The molecular weight excluding hydrogens is 284 g/mol. The van der Waals surface area contributed by atoms with E-state index in [9.17, 15) is 9.59 Å². The fourth-order valence-electron chi connectivity index (χ4n) is 2.52. The first-order chi connectivity index (χ1) is 11.3. The quantitative estimate of drug-likeness (QED) is 0.602. The van der Waals surface area contributed by atoms with E-state index in [0.717, 1.165) is 23.0 Å². The van der Waals surface area contributed by atoms with Crippen LogP contribution < -0.4 is 0 Å². The summed E-state index contributed by atoms with van der Waals surface area (Å²) in [5.74, 6) is -0.0675. The summed E-state index contributed by atoms with van der Waals surface area (Å²) in [6.07, 6.45) is 11.8. The Kier molecular flexibility index (Phi) is 4.44. The third kappa shape index (κ3) is 3.61. The average Bonchev–Trinajstić information content (AvgIpc) is 3.15. The van der Waals surface area contributed by atoms with E-state index in [1.807, 2.05) is 72.8 Å². The molecule has 0 saturated heterocycles. The second kappa shape index (κ2) is 6.84. The molecule has 112 valence electrons. The Labute approximate surface area is 135 Å². The van der Waals surface area contributed by atoms with E-state index in [1.54, 1.807) is 12.1 Å². The maximum atomic E-state index is 12.0. The van der Waals surface area contributed by atoms with Crippen LogP contribution in [0.25, 0.3) is 17.2 Å². The number of hydrogen-bond acceptors (Lipinski definition) is 2. The highest BCUT2D eigenvalue weighted by molar-refractivity contribution is 5.98. The summed E-state index contributed by atoms with van der Waals surface area (Å²) < 4.78 is 0. The number of ketones is 1. The van der Waals surface area contributed by atoms with Crippen LogP contribution in [0.2, 0.25) is 0 Å². The first kappa shape index (κ1) is 14.9. The third-order valence-corrected chi connectivity index (χ3v) is 3.76. The fraction of sp³-hybridized carbons (Fsp3) is 0.0476. The van der Waals surface area contributed by atoms with Gasteiger partial charge in [0.05, 0.1) is 5.92 Å². The summed E-state index contributed by atoms with van der Waals surface area (Å²) in [6.45, 7) is 0. The maximum absolute atomic E-state index is 12.0. The zero-order valence-electron chi connectivity index (χ0n) is 12.6. The minimum Gasteiger partial charge on any atom is -0.298 e. The van der Waals surface area contributed by atoms with Gasteiger partial charge in [0.2, 0.25) is 0 Å². The SMILES string of the molecule is O=Cc1cccc(-c2cccc(/C=C/C(=O)C3C=CC=C3)c2)c1. The predicted molar refractivity (Wildman–Crippen MR) is 93.1 cm³/mol. The van der Waals surface area contributed by atoms with Gasteiger partial charge in [-0.1, -0.05) is 66.8 Å². The molecule has 0 radical (unpaired) electrons. The molecule has 0 atom stereocenters. The van der Waals surface area contributed by atoms with Crippen molar-refractivity contribution in [3.63, 3.8) is 0 Å². The van der Waals surface area contributed by atoms with Crippen molar-refractivity contribution < 1.29 is 9.59 Å². The lowest BCUT2D eigenvalue weighted by molar-refractivity contribution is -0.115. The number of benzene rings is 2. The van der Waals surface area contributed by atoms with Gasteiger partial charge >= 0.3 is 0 Å². The van der Waals surface area contributed by atoms with Crippen molar-refractivity contribution >= 4 is 18.1 Å². The Morgan fingerprint density at radius 1 is 0.870 bits per heavy atom. The summed E-state index contributed by atoms with van der Waals surface area (Å²) in [5.41, 5.74) is 3.61. The summed E-state index contributed by atoms with van der Waals surface area (Å²) in [5, 5.41) is 0. The highest BCUT2D eigenvalue weighted by atomic mass is 16.1. The molecule has 0 spiro atoms. The van der Waals surface area contributed by atoms with Gasteiger partial charge in [-0.15, -0.1) is 0 Å². The van der Waals surface area contributed by atoms with Crippen LogP contribution in [-0.4, -0.2) is 12.1 Å². The lowest BCUT2D eigenvalue weighted by atomic mass is 10.0. The Balaban J connectivity index is 1.82. The lowest BCUT2D eigenvalue weighted by Gasteiger charge is -2.04. The second-order valence-electron chi connectivity index (χ2n) is 5.40. The molecule has 0 unspecified atom stereocenters. The molecule has 0 N–H and O–H groups in total. The highest BCUT2D eigenvalue weighted by Crippen LogP contribution is 2.22. The molecular formula is C21H16O2. The predicted octanol–water partition coefficient (Wildman–Crippen LogP) is 4.49. The number of hydrogen-bond donors (Lipinski definition) is 0. The Morgan fingerprint density at radius 2 is 1.48 bits per heavy atom. The minimum atomic E-state index is -0.140. The number of aldehydes is 1. The number of rotatable bonds is 5. The van der Waals surface area contributed by atoms with E-state index in [1.165, 1.54) is 0 Å². The van der Waals surface area contributed by atoms with E-state index < -0.39 is 0 Å². The lowest BCUT2D eigenvalue weighted by Crippen LogP contribution is -2.03. The fourth-order valence-corrected chi connectivity index (χ4v) is 2.52. The van der Waals surface area contributed by atoms with Crippen molar-refractivity contribution in [1.82, 2.24) is 0 Å². The average molecular weight is 300 g/mol. The largest absolute Gasteiger partial charge is 0.298 e. The van der Waals surface area contributed by atoms with Crippen LogP contribution in [0, 0.1) is 5.92 Å². The number of allylic oxidation sites excluding steroid dienone is 5. The zero-order chi connectivity index (χ0) is 16.1. The second-order valence-corrected chi connectivity index (χ2v) is 5.40. The Hall–Kier alpha value is -3.00. The third-order valence-electron chi connectivity index (χ3n) is 3.76. The summed E-state index contributed by atoms with van der Waals surface area (Å²) in [4.78, 5) is 22.9. The molecule has 0 bridgehead atoms. The van der Waals surface area contributed by atoms with Gasteiger partial charge in [0, 0.05) is 5.56 Å². The minimum absolute atomic E-state index is 0.0726.